The molecule has 0 radical (unpaired) electrons. The van der Waals surface area contributed by atoms with Crippen LogP contribution < -0.4 is 14.4 Å². The summed E-state index contributed by atoms with van der Waals surface area (Å²) in [5, 5.41) is 1.000. The zero-order chi connectivity index (χ0) is 19.6. The van der Waals surface area contributed by atoms with Crippen molar-refractivity contribution in [2.45, 2.75) is 6.10 Å². The second-order valence-electron chi connectivity index (χ2n) is 7.01. The lowest BCUT2D eigenvalue weighted by Gasteiger charge is -2.30. The van der Waals surface area contributed by atoms with E-state index in [2.05, 4.69) is 9.88 Å². The summed E-state index contributed by atoms with van der Waals surface area (Å²) in [5.41, 5.74) is 1.79. The van der Waals surface area contributed by atoms with Gasteiger partial charge in [-0.2, -0.15) is 0 Å². The lowest BCUT2D eigenvalue weighted by atomic mass is 10.2. The minimum absolute atomic E-state index is 0.0922. The molecule has 0 N–H and O–H groups in total. The highest BCUT2D eigenvalue weighted by molar-refractivity contribution is 5.91. The maximum absolute atomic E-state index is 6.13. The SMILES string of the molecule is CN(C[C@H]1COc2ccccc2O1)c1nc(-c2cccnc2)nc2ccccc12. The molecule has 2 aromatic carbocycles. The van der Waals surface area contributed by atoms with Gasteiger partial charge in [-0.05, 0) is 36.4 Å². The van der Waals surface area contributed by atoms with Crippen LogP contribution in [0.25, 0.3) is 22.3 Å². The molecule has 6 nitrogen and oxygen atoms in total. The number of hydrogen-bond donors (Lipinski definition) is 0. The van der Waals surface area contributed by atoms with Gasteiger partial charge in [-0.1, -0.05) is 24.3 Å². The molecule has 0 unspecified atom stereocenters. The monoisotopic (exact) mass is 384 g/mol. The number of likely N-dealkylation sites (N-methyl/N-ethyl adjacent to an activating group) is 1. The molecule has 1 atom stereocenters. The molecule has 5 rings (SSSR count). The predicted molar refractivity (Wildman–Crippen MR) is 112 cm³/mol. The van der Waals surface area contributed by atoms with E-state index in [0.29, 0.717) is 19.0 Å². The molecule has 0 saturated heterocycles. The number of nitrogens with zero attached hydrogens (tertiary/aromatic N) is 4. The van der Waals surface area contributed by atoms with Crippen molar-refractivity contribution in [2.24, 2.45) is 0 Å². The van der Waals surface area contributed by atoms with Gasteiger partial charge >= 0.3 is 0 Å². The molecule has 0 saturated carbocycles. The fraction of sp³-hybridized carbons (Fsp3) is 0.174. The van der Waals surface area contributed by atoms with Crippen LogP contribution in [-0.2, 0) is 0 Å². The minimum atomic E-state index is -0.0922. The number of benzene rings is 2. The molecule has 1 aliphatic heterocycles. The standard InChI is InChI=1S/C23H20N4O2/c1-27(14-17-15-28-20-10-4-5-11-21(20)29-17)23-18-8-2-3-9-19(18)25-22(26-23)16-7-6-12-24-13-16/h2-13,17H,14-15H2,1H3/t17-/m0/s1. The van der Waals surface area contributed by atoms with Crippen LogP contribution in [0.1, 0.15) is 0 Å². The largest absolute Gasteiger partial charge is 0.486 e. The van der Waals surface area contributed by atoms with Gasteiger partial charge in [-0.25, -0.2) is 9.97 Å². The molecule has 3 heterocycles. The van der Waals surface area contributed by atoms with Crippen LogP contribution in [0, 0.1) is 0 Å². The Morgan fingerprint density at radius 3 is 2.66 bits per heavy atom. The van der Waals surface area contributed by atoms with Crippen molar-refractivity contribution in [2.75, 3.05) is 25.1 Å². The first kappa shape index (κ1) is 17.4. The Balaban J connectivity index is 1.47. The average Bonchev–Trinajstić information content (AvgIpc) is 2.79. The van der Waals surface area contributed by atoms with Crippen molar-refractivity contribution in [3.8, 4) is 22.9 Å². The highest BCUT2D eigenvalue weighted by Crippen LogP contribution is 2.32. The summed E-state index contributed by atoms with van der Waals surface area (Å²) in [7, 11) is 2.02. The molecule has 144 valence electrons. The van der Waals surface area contributed by atoms with Gasteiger partial charge in [-0.3, -0.25) is 4.98 Å². The molecule has 0 amide bonds. The third kappa shape index (κ3) is 3.45. The minimum Gasteiger partial charge on any atom is -0.486 e. The van der Waals surface area contributed by atoms with Crippen molar-refractivity contribution >= 4 is 16.7 Å². The molecule has 2 aromatic heterocycles. The summed E-state index contributed by atoms with van der Waals surface area (Å²) in [6.45, 7) is 1.14. The summed E-state index contributed by atoms with van der Waals surface area (Å²) in [5.74, 6) is 3.08. The molecule has 0 spiro atoms. The van der Waals surface area contributed by atoms with E-state index in [1.165, 1.54) is 0 Å². The zero-order valence-electron chi connectivity index (χ0n) is 16.0. The van der Waals surface area contributed by atoms with Crippen LogP contribution >= 0.6 is 0 Å². The molecule has 0 fully saturated rings. The predicted octanol–water partition coefficient (Wildman–Crippen LogP) is 3.97. The topological polar surface area (TPSA) is 60.4 Å². The fourth-order valence-corrected chi connectivity index (χ4v) is 3.52. The van der Waals surface area contributed by atoms with E-state index in [4.69, 9.17) is 19.4 Å². The van der Waals surface area contributed by atoms with Crippen molar-refractivity contribution in [3.05, 3.63) is 73.1 Å². The van der Waals surface area contributed by atoms with Crippen molar-refractivity contribution < 1.29 is 9.47 Å². The summed E-state index contributed by atoms with van der Waals surface area (Å²) >= 11 is 0. The lowest BCUT2D eigenvalue weighted by molar-refractivity contribution is 0.0960. The second kappa shape index (κ2) is 7.39. The van der Waals surface area contributed by atoms with Gasteiger partial charge < -0.3 is 14.4 Å². The quantitative estimate of drug-likeness (QED) is 0.531. The highest BCUT2D eigenvalue weighted by Gasteiger charge is 2.23. The van der Waals surface area contributed by atoms with Crippen LogP contribution in [0.3, 0.4) is 0 Å². The van der Waals surface area contributed by atoms with Gasteiger partial charge in [0.25, 0.3) is 0 Å². The van der Waals surface area contributed by atoms with Crippen molar-refractivity contribution in [3.63, 3.8) is 0 Å². The van der Waals surface area contributed by atoms with Crippen molar-refractivity contribution in [1.82, 2.24) is 15.0 Å². The first-order valence-electron chi connectivity index (χ1n) is 9.55. The molecular formula is C23H20N4O2. The third-order valence-electron chi connectivity index (χ3n) is 4.91. The molecule has 6 heteroatoms. The van der Waals surface area contributed by atoms with E-state index in [9.17, 15) is 0 Å². The Morgan fingerprint density at radius 1 is 0.966 bits per heavy atom. The molecular weight excluding hydrogens is 364 g/mol. The van der Waals surface area contributed by atoms with Gasteiger partial charge in [-0.15, -0.1) is 0 Å². The molecule has 29 heavy (non-hydrogen) atoms. The van der Waals surface area contributed by atoms with Gasteiger partial charge in [0.2, 0.25) is 0 Å². The van der Waals surface area contributed by atoms with Gasteiger partial charge in [0.1, 0.15) is 12.4 Å². The Hall–Kier alpha value is -3.67. The molecule has 1 aliphatic rings. The van der Waals surface area contributed by atoms with E-state index in [1.54, 1.807) is 12.4 Å². The van der Waals surface area contributed by atoms with Crippen LogP contribution in [0.2, 0.25) is 0 Å². The zero-order valence-corrected chi connectivity index (χ0v) is 16.0. The maximum atomic E-state index is 6.13. The summed E-state index contributed by atoms with van der Waals surface area (Å²) in [4.78, 5) is 15.9. The molecule has 0 bridgehead atoms. The van der Waals surface area contributed by atoms with E-state index < -0.39 is 0 Å². The van der Waals surface area contributed by atoms with Crippen LogP contribution in [0.15, 0.2) is 73.1 Å². The lowest BCUT2D eigenvalue weighted by Crippen LogP contribution is -2.39. The normalized spacial score (nSPS) is 15.3. The highest BCUT2D eigenvalue weighted by atomic mass is 16.6. The number of pyridine rings is 1. The Bertz CT molecular complexity index is 1150. The number of hydrogen-bond acceptors (Lipinski definition) is 6. The number of fused-ring (bicyclic) bond motifs is 2. The first-order chi connectivity index (χ1) is 14.3. The third-order valence-corrected chi connectivity index (χ3v) is 4.91. The van der Waals surface area contributed by atoms with E-state index >= 15 is 0 Å². The summed E-state index contributed by atoms with van der Waals surface area (Å²) in [6.07, 6.45) is 3.43. The Morgan fingerprint density at radius 2 is 1.79 bits per heavy atom. The van der Waals surface area contributed by atoms with Crippen LogP contribution in [0.5, 0.6) is 11.5 Å². The Labute approximate surface area is 168 Å². The molecule has 4 aromatic rings. The first-order valence-corrected chi connectivity index (χ1v) is 9.55. The number of anilines is 1. The van der Waals surface area contributed by atoms with Crippen LogP contribution in [0.4, 0.5) is 5.82 Å². The van der Waals surface area contributed by atoms with Crippen LogP contribution in [-0.4, -0.2) is 41.3 Å². The van der Waals surface area contributed by atoms with Crippen molar-refractivity contribution in [1.29, 1.82) is 0 Å². The van der Waals surface area contributed by atoms with Gasteiger partial charge in [0.05, 0.1) is 12.1 Å². The summed E-state index contributed by atoms with van der Waals surface area (Å²) in [6, 6.07) is 19.7. The smallest absolute Gasteiger partial charge is 0.163 e. The number of rotatable bonds is 4. The molecule has 0 aliphatic carbocycles. The fourth-order valence-electron chi connectivity index (χ4n) is 3.52. The Kier molecular flexibility index (Phi) is 4.44. The van der Waals surface area contributed by atoms with E-state index in [1.807, 2.05) is 67.7 Å². The average molecular weight is 384 g/mol. The van der Waals surface area contributed by atoms with Gasteiger partial charge in [0.15, 0.2) is 23.4 Å². The number of para-hydroxylation sites is 3. The van der Waals surface area contributed by atoms with E-state index in [-0.39, 0.29) is 6.10 Å². The van der Waals surface area contributed by atoms with Gasteiger partial charge in [0, 0.05) is 30.4 Å². The number of aromatic nitrogens is 3. The second-order valence-corrected chi connectivity index (χ2v) is 7.01. The maximum Gasteiger partial charge on any atom is 0.163 e. The van der Waals surface area contributed by atoms with E-state index in [0.717, 1.165) is 33.8 Å². The summed E-state index contributed by atoms with van der Waals surface area (Å²) < 4.78 is 12.0. The number of ether oxygens (including phenoxy) is 2.